The molecular weight excluding hydrogens is 380 g/mol. The number of benzene rings is 2. The molecule has 0 aromatic heterocycles. The molecule has 0 saturated heterocycles. The lowest BCUT2D eigenvalue weighted by Gasteiger charge is -2.49. The van der Waals surface area contributed by atoms with E-state index in [2.05, 4.69) is 18.1 Å². The Kier molecular flexibility index (Phi) is 4.74. The first-order valence-corrected chi connectivity index (χ1v) is 11.1. The Morgan fingerprint density at radius 2 is 1.97 bits per heavy atom. The van der Waals surface area contributed by atoms with Gasteiger partial charge in [0.2, 0.25) is 0 Å². The lowest BCUT2D eigenvalue weighted by atomic mass is 9.55. The predicted molar refractivity (Wildman–Crippen MR) is 119 cm³/mol. The molecule has 0 heterocycles. The van der Waals surface area contributed by atoms with E-state index < -0.39 is 0 Å². The second-order valence-electron chi connectivity index (χ2n) is 9.11. The summed E-state index contributed by atoms with van der Waals surface area (Å²) in [5, 5.41) is 19.7. The van der Waals surface area contributed by atoms with Crippen molar-refractivity contribution in [3.8, 4) is 5.75 Å². The van der Waals surface area contributed by atoms with Gasteiger partial charge in [-0.3, -0.25) is 0 Å². The van der Waals surface area contributed by atoms with Crippen molar-refractivity contribution in [2.75, 3.05) is 0 Å². The van der Waals surface area contributed by atoms with Crippen LogP contribution >= 0.6 is 11.6 Å². The van der Waals surface area contributed by atoms with E-state index in [1.165, 1.54) is 42.5 Å². The summed E-state index contributed by atoms with van der Waals surface area (Å²) in [6, 6.07) is 13.7. The predicted octanol–water partition coefficient (Wildman–Crippen LogP) is 6.38. The second kappa shape index (κ2) is 7.28. The molecule has 0 unspecified atom stereocenters. The number of hydrogen-bond acceptors (Lipinski definition) is 3. The van der Waals surface area contributed by atoms with E-state index in [-0.39, 0.29) is 5.41 Å². The SMILES string of the molecule is C[C@@]12CC[C@H]3c4ccc(O)cc4CC[C@@H]3[C@@H]1CC/C2=N/N=C\c1ccccc1Cl. The highest BCUT2D eigenvalue weighted by atomic mass is 35.5. The van der Waals surface area contributed by atoms with Crippen LogP contribution in [-0.2, 0) is 6.42 Å². The first-order valence-electron chi connectivity index (χ1n) is 10.7. The lowest BCUT2D eigenvalue weighted by Crippen LogP contribution is -2.42. The summed E-state index contributed by atoms with van der Waals surface area (Å²) >= 11 is 6.23. The number of fused-ring (bicyclic) bond motifs is 5. The lowest BCUT2D eigenvalue weighted by molar-refractivity contribution is 0.0955. The zero-order chi connectivity index (χ0) is 20.0. The van der Waals surface area contributed by atoms with Crippen molar-refractivity contribution in [2.24, 2.45) is 27.5 Å². The van der Waals surface area contributed by atoms with E-state index in [0.717, 1.165) is 18.4 Å². The summed E-state index contributed by atoms with van der Waals surface area (Å²) in [6.45, 7) is 2.41. The smallest absolute Gasteiger partial charge is 0.115 e. The minimum absolute atomic E-state index is 0.160. The van der Waals surface area contributed by atoms with Crippen LogP contribution in [0.4, 0.5) is 0 Å². The zero-order valence-corrected chi connectivity index (χ0v) is 17.6. The maximum Gasteiger partial charge on any atom is 0.115 e. The van der Waals surface area contributed by atoms with E-state index in [0.29, 0.717) is 28.5 Å². The number of halogens is 1. The molecular formula is C25H27ClN2O. The molecule has 2 fully saturated rings. The zero-order valence-electron chi connectivity index (χ0n) is 16.8. The number of phenols is 1. The van der Waals surface area contributed by atoms with Crippen molar-refractivity contribution >= 4 is 23.5 Å². The van der Waals surface area contributed by atoms with Crippen LogP contribution in [0.1, 0.15) is 61.6 Å². The number of phenolic OH excluding ortho intramolecular Hbond substituents is 1. The van der Waals surface area contributed by atoms with Crippen molar-refractivity contribution in [1.82, 2.24) is 0 Å². The van der Waals surface area contributed by atoms with E-state index in [4.69, 9.17) is 16.7 Å². The summed E-state index contributed by atoms with van der Waals surface area (Å²) in [5.41, 5.74) is 5.16. The average Bonchev–Trinajstić information content (AvgIpc) is 3.05. The van der Waals surface area contributed by atoms with Crippen molar-refractivity contribution in [1.29, 1.82) is 0 Å². The molecule has 2 aromatic rings. The molecule has 3 aliphatic carbocycles. The summed E-state index contributed by atoms with van der Waals surface area (Å²) in [7, 11) is 0. The average molecular weight is 407 g/mol. The van der Waals surface area contributed by atoms with Crippen LogP contribution < -0.4 is 0 Å². The van der Waals surface area contributed by atoms with E-state index in [9.17, 15) is 5.11 Å². The van der Waals surface area contributed by atoms with Gasteiger partial charge in [0, 0.05) is 21.7 Å². The highest BCUT2D eigenvalue weighted by molar-refractivity contribution is 6.33. The molecule has 3 aliphatic rings. The fourth-order valence-corrected chi connectivity index (χ4v) is 6.45. The van der Waals surface area contributed by atoms with Gasteiger partial charge in [0.05, 0.1) is 6.21 Å². The van der Waals surface area contributed by atoms with Gasteiger partial charge in [-0.15, -0.1) is 0 Å². The molecule has 0 radical (unpaired) electrons. The fourth-order valence-electron chi connectivity index (χ4n) is 6.26. The van der Waals surface area contributed by atoms with Crippen LogP contribution in [0.2, 0.25) is 5.02 Å². The highest BCUT2D eigenvalue weighted by Crippen LogP contribution is 2.60. The van der Waals surface area contributed by atoms with Crippen LogP contribution in [0.3, 0.4) is 0 Å². The third-order valence-electron chi connectivity index (χ3n) is 7.73. The summed E-state index contributed by atoms with van der Waals surface area (Å²) < 4.78 is 0. The van der Waals surface area contributed by atoms with Gasteiger partial charge in [-0.1, -0.05) is 42.8 Å². The minimum Gasteiger partial charge on any atom is -0.508 e. The van der Waals surface area contributed by atoms with E-state index in [1.807, 2.05) is 36.4 Å². The molecule has 1 N–H and O–H groups in total. The van der Waals surface area contributed by atoms with Crippen LogP contribution in [0, 0.1) is 17.3 Å². The third kappa shape index (κ3) is 3.20. The van der Waals surface area contributed by atoms with Crippen LogP contribution in [0.5, 0.6) is 5.75 Å². The molecule has 2 saturated carbocycles. The van der Waals surface area contributed by atoms with Crippen molar-refractivity contribution < 1.29 is 5.11 Å². The molecule has 5 rings (SSSR count). The largest absolute Gasteiger partial charge is 0.508 e. The van der Waals surface area contributed by atoms with Gasteiger partial charge in [-0.05, 0) is 85.6 Å². The maximum atomic E-state index is 9.85. The molecule has 29 heavy (non-hydrogen) atoms. The third-order valence-corrected chi connectivity index (χ3v) is 8.08. The Balaban J connectivity index is 1.39. The standard InChI is InChI=1S/C25H27ClN2O/c1-25-13-12-20-19-9-7-18(29)14-16(19)6-8-21(20)22(25)10-11-24(25)28-27-15-17-4-2-3-5-23(17)26/h2-5,7,9,14-15,20-22,29H,6,8,10-13H2,1H3/b27-15-,28-24-/t20-,21-,22-,25+/m0/s1. The van der Waals surface area contributed by atoms with E-state index in [1.54, 1.807) is 6.21 Å². The number of nitrogens with zero attached hydrogens (tertiary/aromatic N) is 2. The van der Waals surface area contributed by atoms with Crippen molar-refractivity contribution in [2.45, 2.75) is 51.4 Å². The second-order valence-corrected chi connectivity index (χ2v) is 9.51. The first kappa shape index (κ1) is 18.9. The first-order chi connectivity index (χ1) is 14.1. The van der Waals surface area contributed by atoms with Crippen LogP contribution in [-0.4, -0.2) is 17.0 Å². The molecule has 3 nitrogen and oxygen atoms in total. The normalized spacial score (nSPS) is 32.2. The Morgan fingerprint density at radius 1 is 1.10 bits per heavy atom. The van der Waals surface area contributed by atoms with Crippen molar-refractivity contribution in [3.05, 3.63) is 64.2 Å². The molecule has 0 aliphatic heterocycles. The van der Waals surface area contributed by atoms with Gasteiger partial charge >= 0.3 is 0 Å². The molecule has 0 amide bonds. The number of hydrogen-bond donors (Lipinski definition) is 1. The highest BCUT2D eigenvalue weighted by Gasteiger charge is 2.53. The fraction of sp³-hybridized carbons (Fsp3) is 0.440. The number of aromatic hydroxyl groups is 1. The summed E-state index contributed by atoms with van der Waals surface area (Å²) in [5.74, 6) is 2.42. The van der Waals surface area contributed by atoms with Crippen LogP contribution in [0.15, 0.2) is 52.7 Å². The summed E-state index contributed by atoms with van der Waals surface area (Å²) in [4.78, 5) is 0. The number of rotatable bonds is 2. The van der Waals surface area contributed by atoms with Gasteiger partial charge in [0.25, 0.3) is 0 Å². The quantitative estimate of drug-likeness (QED) is 0.456. The molecule has 0 spiro atoms. The molecule has 0 bridgehead atoms. The number of aryl methyl sites for hydroxylation is 1. The van der Waals surface area contributed by atoms with Crippen molar-refractivity contribution in [3.63, 3.8) is 0 Å². The minimum atomic E-state index is 0.160. The Hall–Kier alpha value is -2.13. The van der Waals surface area contributed by atoms with Gasteiger partial charge in [0.1, 0.15) is 5.75 Å². The monoisotopic (exact) mass is 406 g/mol. The molecule has 4 atom stereocenters. The molecule has 150 valence electrons. The van der Waals surface area contributed by atoms with Gasteiger partial charge in [0.15, 0.2) is 0 Å². The van der Waals surface area contributed by atoms with E-state index >= 15 is 0 Å². The van der Waals surface area contributed by atoms with Gasteiger partial charge < -0.3 is 5.11 Å². The van der Waals surface area contributed by atoms with Crippen LogP contribution in [0.25, 0.3) is 0 Å². The summed E-state index contributed by atoms with van der Waals surface area (Å²) in [6.07, 6.45) is 8.70. The maximum absolute atomic E-state index is 9.85. The van der Waals surface area contributed by atoms with Gasteiger partial charge in [-0.25, -0.2) is 0 Å². The Labute approximate surface area is 177 Å². The Morgan fingerprint density at radius 3 is 2.83 bits per heavy atom. The van der Waals surface area contributed by atoms with Gasteiger partial charge in [-0.2, -0.15) is 10.2 Å². The molecule has 2 aromatic carbocycles. The topological polar surface area (TPSA) is 45.0 Å². The molecule has 4 heteroatoms. The Bertz CT molecular complexity index is 998.